The van der Waals surface area contributed by atoms with Crippen LogP contribution in [0.5, 0.6) is 0 Å². The second-order valence-electron chi connectivity index (χ2n) is 7.29. The number of anilines is 1. The molecule has 0 fully saturated rings. The summed E-state index contributed by atoms with van der Waals surface area (Å²) in [6.45, 7) is -0.705. The first-order valence-corrected chi connectivity index (χ1v) is 9.89. The normalized spacial score (nSPS) is 12.3. The molecule has 35 heavy (non-hydrogen) atoms. The van der Waals surface area contributed by atoms with E-state index in [1.165, 1.54) is 48.5 Å². The molecule has 3 aromatic carbocycles. The van der Waals surface area contributed by atoms with Crippen LogP contribution in [-0.2, 0) is 4.74 Å². The number of hydrogen-bond donors (Lipinski definition) is 0. The molecule has 1 heterocycles. The minimum Gasteiger partial charge on any atom is -0.454 e. The third-order valence-corrected chi connectivity index (χ3v) is 5.13. The average molecular weight is 475 g/mol. The molecule has 0 saturated carbocycles. The highest BCUT2D eigenvalue weighted by Gasteiger charge is 2.37. The Morgan fingerprint density at radius 2 is 1.40 bits per heavy atom. The van der Waals surface area contributed by atoms with Gasteiger partial charge in [0.2, 0.25) is 5.78 Å². The van der Waals surface area contributed by atoms with E-state index in [0.717, 1.165) is 23.1 Å². The van der Waals surface area contributed by atoms with Gasteiger partial charge in [0.15, 0.2) is 6.61 Å². The summed E-state index contributed by atoms with van der Waals surface area (Å²) in [5.41, 5.74) is -0.857. The zero-order chi connectivity index (χ0) is 25.3. The number of amides is 2. The fourth-order valence-electron chi connectivity index (χ4n) is 3.44. The Morgan fingerprint density at radius 3 is 2.09 bits per heavy atom. The van der Waals surface area contributed by atoms with Gasteiger partial charge in [0, 0.05) is 29.8 Å². The van der Waals surface area contributed by atoms with Crippen LogP contribution >= 0.6 is 0 Å². The summed E-state index contributed by atoms with van der Waals surface area (Å²) in [4.78, 5) is 71.6. The van der Waals surface area contributed by atoms with Gasteiger partial charge in [-0.25, -0.2) is 9.69 Å². The van der Waals surface area contributed by atoms with E-state index in [0.29, 0.717) is 0 Å². The first-order valence-electron chi connectivity index (χ1n) is 9.89. The van der Waals surface area contributed by atoms with Gasteiger partial charge in [-0.1, -0.05) is 18.2 Å². The maximum absolute atomic E-state index is 12.9. The summed E-state index contributed by atoms with van der Waals surface area (Å²) < 4.78 is 4.98. The van der Waals surface area contributed by atoms with Gasteiger partial charge in [0.05, 0.1) is 32.2 Å². The van der Waals surface area contributed by atoms with Crippen LogP contribution < -0.4 is 4.90 Å². The van der Waals surface area contributed by atoms with Crippen LogP contribution in [0.4, 0.5) is 17.1 Å². The van der Waals surface area contributed by atoms with E-state index >= 15 is 0 Å². The molecule has 1 aliphatic heterocycles. The molecule has 4 rings (SSSR count). The van der Waals surface area contributed by atoms with Gasteiger partial charge >= 0.3 is 5.97 Å². The van der Waals surface area contributed by atoms with E-state index in [1.54, 1.807) is 0 Å². The number of Topliss-reactive ketones (excluding diaryl/α,β-unsaturated/α-hetero) is 1. The second-order valence-corrected chi connectivity index (χ2v) is 7.29. The number of carbonyl (C=O) groups is 4. The van der Waals surface area contributed by atoms with Gasteiger partial charge in [-0.2, -0.15) is 0 Å². The van der Waals surface area contributed by atoms with Crippen molar-refractivity contribution in [3.63, 3.8) is 0 Å². The number of ether oxygens (including phenoxy) is 1. The fraction of sp³-hybridized carbons (Fsp3) is 0.0435. The molecular formula is C23H13N3O9. The molecule has 0 saturated heterocycles. The predicted molar refractivity (Wildman–Crippen MR) is 118 cm³/mol. The van der Waals surface area contributed by atoms with Crippen LogP contribution in [0.1, 0.15) is 41.4 Å². The number of esters is 1. The number of hydrogen-bond acceptors (Lipinski definition) is 9. The van der Waals surface area contributed by atoms with Gasteiger partial charge in [0.1, 0.15) is 0 Å². The molecule has 2 amide bonds. The number of nitro groups is 2. The summed E-state index contributed by atoms with van der Waals surface area (Å²) in [7, 11) is 0. The molecule has 12 heteroatoms. The average Bonchev–Trinajstić information content (AvgIpc) is 3.11. The lowest BCUT2D eigenvalue weighted by molar-refractivity contribution is -0.385. The molecule has 12 nitrogen and oxygen atoms in total. The van der Waals surface area contributed by atoms with Crippen LogP contribution in [0, 0.1) is 20.2 Å². The number of benzene rings is 3. The number of fused-ring (bicyclic) bond motifs is 1. The van der Waals surface area contributed by atoms with E-state index in [9.17, 15) is 39.4 Å². The molecule has 0 spiro atoms. The topological polar surface area (TPSA) is 167 Å². The molecule has 3 aromatic rings. The molecule has 0 unspecified atom stereocenters. The minimum absolute atomic E-state index is 0.00271. The lowest BCUT2D eigenvalue weighted by Crippen LogP contribution is -2.29. The van der Waals surface area contributed by atoms with Gasteiger partial charge in [-0.15, -0.1) is 0 Å². The first kappa shape index (κ1) is 22.9. The molecule has 174 valence electrons. The van der Waals surface area contributed by atoms with Crippen molar-refractivity contribution in [2.45, 2.75) is 0 Å². The highest BCUT2D eigenvalue weighted by molar-refractivity contribution is 6.34. The van der Waals surface area contributed by atoms with Crippen molar-refractivity contribution < 1.29 is 33.8 Å². The van der Waals surface area contributed by atoms with Gasteiger partial charge < -0.3 is 4.74 Å². The Morgan fingerprint density at radius 1 is 0.771 bits per heavy atom. The summed E-state index contributed by atoms with van der Waals surface area (Å²) in [6.07, 6.45) is 0. The smallest absolute Gasteiger partial charge is 0.338 e. The SMILES string of the molecule is O=C(COC(=O)c1ccc2c(c1)C(=O)N(c1cccc([N+](=O)[O-])c1)C2=O)c1cccc([N+](=O)[O-])c1. The zero-order valence-corrected chi connectivity index (χ0v) is 17.6. The molecule has 1 aliphatic rings. The summed E-state index contributed by atoms with van der Waals surface area (Å²) in [5, 5.41) is 21.9. The van der Waals surface area contributed by atoms with E-state index in [-0.39, 0.29) is 39.3 Å². The third-order valence-electron chi connectivity index (χ3n) is 5.13. The van der Waals surface area contributed by atoms with Crippen molar-refractivity contribution in [2.24, 2.45) is 0 Å². The van der Waals surface area contributed by atoms with E-state index < -0.39 is 40.0 Å². The number of imide groups is 1. The maximum Gasteiger partial charge on any atom is 0.338 e. The van der Waals surface area contributed by atoms with E-state index in [2.05, 4.69) is 0 Å². The summed E-state index contributed by atoms with van der Waals surface area (Å²) >= 11 is 0. The van der Waals surface area contributed by atoms with Crippen LogP contribution in [0.2, 0.25) is 0 Å². The molecule has 0 atom stereocenters. The van der Waals surface area contributed by atoms with Gasteiger partial charge in [0.25, 0.3) is 23.2 Å². The first-order chi connectivity index (χ1) is 16.7. The molecule has 0 aromatic heterocycles. The number of nitrogens with zero attached hydrogens (tertiary/aromatic N) is 3. The Hall–Kier alpha value is -5.26. The highest BCUT2D eigenvalue weighted by Crippen LogP contribution is 2.31. The zero-order valence-electron chi connectivity index (χ0n) is 17.6. The monoisotopic (exact) mass is 475 g/mol. The Balaban J connectivity index is 1.51. The van der Waals surface area contributed by atoms with Crippen LogP contribution in [-0.4, -0.2) is 40.0 Å². The Kier molecular flexibility index (Phi) is 5.85. The lowest BCUT2D eigenvalue weighted by atomic mass is 10.1. The molecule has 0 radical (unpaired) electrons. The predicted octanol–water partition coefficient (Wildman–Crippen LogP) is 3.34. The largest absolute Gasteiger partial charge is 0.454 e. The minimum atomic E-state index is -0.958. The molecule has 0 bridgehead atoms. The lowest BCUT2D eigenvalue weighted by Gasteiger charge is -2.13. The van der Waals surface area contributed by atoms with Crippen molar-refractivity contribution in [1.82, 2.24) is 0 Å². The second kappa shape index (κ2) is 8.94. The molecule has 0 N–H and O–H groups in total. The summed E-state index contributed by atoms with van der Waals surface area (Å²) in [5.74, 6) is -3.13. The standard InChI is InChI=1S/C23H13N3O9/c27-20(13-3-1-5-16(9-13)25(31)32)12-35-23(30)14-7-8-18-19(10-14)22(29)24(21(18)28)15-4-2-6-17(11-15)26(33)34/h1-11H,12H2. The number of non-ortho nitro benzene ring substituents is 2. The molecular weight excluding hydrogens is 462 g/mol. The number of carbonyl (C=O) groups excluding carboxylic acids is 4. The van der Waals surface area contributed by atoms with Crippen molar-refractivity contribution in [1.29, 1.82) is 0 Å². The van der Waals surface area contributed by atoms with Crippen molar-refractivity contribution in [3.8, 4) is 0 Å². The number of nitro benzene ring substituents is 2. The van der Waals surface area contributed by atoms with Crippen LogP contribution in [0.15, 0.2) is 66.7 Å². The van der Waals surface area contributed by atoms with Gasteiger partial charge in [-0.3, -0.25) is 34.6 Å². The quantitative estimate of drug-likeness (QED) is 0.164. The maximum atomic E-state index is 12.9. The van der Waals surface area contributed by atoms with Crippen molar-refractivity contribution >= 4 is 40.6 Å². The third kappa shape index (κ3) is 4.35. The molecule has 0 aliphatic carbocycles. The highest BCUT2D eigenvalue weighted by atomic mass is 16.6. The van der Waals surface area contributed by atoms with Crippen molar-refractivity contribution in [3.05, 3.63) is 109 Å². The van der Waals surface area contributed by atoms with Crippen LogP contribution in [0.25, 0.3) is 0 Å². The fourth-order valence-corrected chi connectivity index (χ4v) is 3.44. The van der Waals surface area contributed by atoms with Gasteiger partial charge in [-0.05, 0) is 24.3 Å². The van der Waals surface area contributed by atoms with Crippen molar-refractivity contribution in [2.75, 3.05) is 11.5 Å². The van der Waals surface area contributed by atoms with E-state index in [4.69, 9.17) is 4.74 Å². The number of rotatable bonds is 7. The Bertz CT molecular complexity index is 1450. The summed E-state index contributed by atoms with van der Waals surface area (Å²) in [6, 6.07) is 13.5. The van der Waals surface area contributed by atoms with Crippen LogP contribution in [0.3, 0.4) is 0 Å². The Labute approximate surface area is 195 Å². The van der Waals surface area contributed by atoms with E-state index in [1.807, 2.05) is 0 Å². The number of ketones is 1.